The first kappa shape index (κ1) is 13.0. The maximum atomic E-state index is 11.1. The van der Waals surface area contributed by atoms with Gasteiger partial charge in [-0.2, -0.15) is 0 Å². The number of halogens is 2. The second-order valence-corrected chi connectivity index (χ2v) is 3.98. The van der Waals surface area contributed by atoms with Crippen molar-refractivity contribution in [1.29, 1.82) is 0 Å². The summed E-state index contributed by atoms with van der Waals surface area (Å²) < 4.78 is 0. The predicted octanol–water partition coefficient (Wildman–Crippen LogP) is 2.89. The van der Waals surface area contributed by atoms with Gasteiger partial charge in [-0.05, 0) is 18.2 Å². The van der Waals surface area contributed by atoms with Gasteiger partial charge < -0.3 is 5.11 Å². The molecule has 0 aliphatic rings. The van der Waals surface area contributed by atoms with Crippen LogP contribution >= 0.6 is 23.2 Å². The van der Waals surface area contributed by atoms with E-state index in [0.717, 1.165) is 0 Å². The molecule has 86 valence electrons. The quantitative estimate of drug-likeness (QED) is 0.800. The van der Waals surface area contributed by atoms with E-state index in [0.29, 0.717) is 22.2 Å². The van der Waals surface area contributed by atoms with Gasteiger partial charge in [0.05, 0.1) is 0 Å². The zero-order valence-electron chi connectivity index (χ0n) is 8.41. The third-order valence-corrected chi connectivity index (χ3v) is 2.56. The Labute approximate surface area is 104 Å². The van der Waals surface area contributed by atoms with Gasteiger partial charge in [-0.1, -0.05) is 29.3 Å². The highest BCUT2D eigenvalue weighted by molar-refractivity contribution is 6.33. The molecule has 16 heavy (non-hydrogen) atoms. The average molecular weight is 260 g/mol. The van der Waals surface area contributed by atoms with Crippen LogP contribution in [-0.4, -0.2) is 17.6 Å². The first-order valence-corrected chi connectivity index (χ1v) is 5.34. The molecule has 1 aromatic rings. The molecule has 0 saturated carbocycles. The van der Waals surface area contributed by atoms with Crippen molar-refractivity contribution in [1.82, 2.24) is 5.32 Å². The molecule has 5 heteroatoms. The number of aliphatic carboxylic acids is 1. The van der Waals surface area contributed by atoms with Gasteiger partial charge in [-0.3, -0.25) is 10.1 Å². The lowest BCUT2D eigenvalue weighted by Crippen LogP contribution is -2.28. The standard InChI is InChI=1S/C11H11Cl2NO2/c1-2-5-14-10(11(15)16)8-6-7(12)3-4-9(8)13/h2-4,6,10,14H,1,5H2,(H,15,16). The molecular weight excluding hydrogens is 249 g/mol. The molecule has 0 saturated heterocycles. The zero-order chi connectivity index (χ0) is 12.1. The van der Waals surface area contributed by atoms with E-state index in [9.17, 15) is 4.79 Å². The lowest BCUT2D eigenvalue weighted by Gasteiger charge is -2.15. The number of carbonyl (C=O) groups is 1. The summed E-state index contributed by atoms with van der Waals surface area (Å²) in [6, 6.07) is 3.84. The van der Waals surface area contributed by atoms with E-state index < -0.39 is 12.0 Å². The zero-order valence-corrected chi connectivity index (χ0v) is 9.92. The van der Waals surface area contributed by atoms with Crippen LogP contribution in [0.1, 0.15) is 11.6 Å². The maximum Gasteiger partial charge on any atom is 0.325 e. The highest BCUT2D eigenvalue weighted by Gasteiger charge is 2.21. The van der Waals surface area contributed by atoms with Crippen molar-refractivity contribution >= 4 is 29.2 Å². The van der Waals surface area contributed by atoms with E-state index >= 15 is 0 Å². The average Bonchev–Trinajstić information content (AvgIpc) is 2.23. The van der Waals surface area contributed by atoms with Gasteiger partial charge in [-0.25, -0.2) is 0 Å². The van der Waals surface area contributed by atoms with Crippen LogP contribution in [-0.2, 0) is 4.79 Å². The van der Waals surface area contributed by atoms with Crippen LogP contribution in [0.4, 0.5) is 0 Å². The van der Waals surface area contributed by atoms with Crippen molar-refractivity contribution in [2.24, 2.45) is 0 Å². The van der Waals surface area contributed by atoms with E-state index in [2.05, 4.69) is 11.9 Å². The number of carboxylic acids is 1. The van der Waals surface area contributed by atoms with Crippen LogP contribution in [0.25, 0.3) is 0 Å². The minimum Gasteiger partial charge on any atom is -0.480 e. The van der Waals surface area contributed by atoms with Crippen LogP contribution in [0.15, 0.2) is 30.9 Å². The summed E-state index contributed by atoms with van der Waals surface area (Å²) in [7, 11) is 0. The Hall–Kier alpha value is -1.03. The summed E-state index contributed by atoms with van der Waals surface area (Å²) in [5, 5.41) is 12.7. The molecule has 0 aromatic heterocycles. The van der Waals surface area contributed by atoms with Crippen molar-refractivity contribution in [3.8, 4) is 0 Å². The van der Waals surface area contributed by atoms with Crippen LogP contribution in [0.3, 0.4) is 0 Å². The molecule has 2 N–H and O–H groups in total. The smallest absolute Gasteiger partial charge is 0.325 e. The number of nitrogens with one attached hydrogen (secondary N) is 1. The number of benzene rings is 1. The molecule has 0 bridgehead atoms. The van der Waals surface area contributed by atoms with Crippen LogP contribution < -0.4 is 5.32 Å². The van der Waals surface area contributed by atoms with Gasteiger partial charge in [0.2, 0.25) is 0 Å². The topological polar surface area (TPSA) is 49.3 Å². The normalized spacial score (nSPS) is 12.1. The highest BCUT2D eigenvalue weighted by Crippen LogP contribution is 2.26. The number of hydrogen-bond donors (Lipinski definition) is 2. The maximum absolute atomic E-state index is 11.1. The Morgan fingerprint density at radius 3 is 2.81 bits per heavy atom. The Kier molecular flexibility index (Phi) is 4.80. The molecule has 1 aromatic carbocycles. The summed E-state index contributed by atoms with van der Waals surface area (Å²) in [6.45, 7) is 3.89. The molecule has 1 unspecified atom stereocenters. The van der Waals surface area contributed by atoms with Gasteiger partial charge in [0.1, 0.15) is 6.04 Å². The molecule has 0 fully saturated rings. The van der Waals surface area contributed by atoms with Crippen LogP contribution in [0.2, 0.25) is 10.0 Å². The molecule has 0 aliphatic carbocycles. The number of carboxylic acid groups (broad SMARTS) is 1. The molecule has 1 atom stereocenters. The van der Waals surface area contributed by atoms with Crippen molar-refractivity contribution in [2.75, 3.05) is 6.54 Å². The van der Waals surface area contributed by atoms with E-state index in [1.165, 1.54) is 0 Å². The summed E-state index contributed by atoms with van der Waals surface area (Å²) in [6.07, 6.45) is 1.58. The Bertz CT molecular complexity index is 407. The van der Waals surface area contributed by atoms with E-state index in [1.54, 1.807) is 24.3 Å². The van der Waals surface area contributed by atoms with Crippen molar-refractivity contribution in [3.05, 3.63) is 46.5 Å². The summed E-state index contributed by atoms with van der Waals surface area (Å²) in [4.78, 5) is 11.1. The minimum absolute atomic E-state index is 0.369. The van der Waals surface area contributed by atoms with Crippen molar-refractivity contribution in [3.63, 3.8) is 0 Å². The first-order valence-electron chi connectivity index (χ1n) is 4.58. The van der Waals surface area contributed by atoms with Gasteiger partial charge in [0.25, 0.3) is 0 Å². The molecule has 0 heterocycles. The Morgan fingerprint density at radius 1 is 1.56 bits per heavy atom. The molecule has 1 rings (SSSR count). The summed E-state index contributed by atoms with van der Waals surface area (Å²) in [5.74, 6) is -1.01. The van der Waals surface area contributed by atoms with E-state index in [4.69, 9.17) is 28.3 Å². The number of hydrogen-bond acceptors (Lipinski definition) is 2. The van der Waals surface area contributed by atoms with Gasteiger partial charge in [0, 0.05) is 22.2 Å². The molecular formula is C11H11Cl2NO2. The first-order chi connectivity index (χ1) is 7.56. The van der Waals surface area contributed by atoms with Gasteiger partial charge in [0.15, 0.2) is 0 Å². The fraction of sp³-hybridized carbons (Fsp3) is 0.182. The molecule has 0 radical (unpaired) electrons. The van der Waals surface area contributed by atoms with Gasteiger partial charge in [-0.15, -0.1) is 6.58 Å². The van der Waals surface area contributed by atoms with Crippen molar-refractivity contribution < 1.29 is 9.90 Å². The lowest BCUT2D eigenvalue weighted by atomic mass is 10.1. The molecule has 0 aliphatic heterocycles. The lowest BCUT2D eigenvalue weighted by molar-refractivity contribution is -0.139. The third-order valence-electron chi connectivity index (χ3n) is 1.98. The van der Waals surface area contributed by atoms with Crippen molar-refractivity contribution in [2.45, 2.75) is 6.04 Å². The molecule has 3 nitrogen and oxygen atoms in total. The third kappa shape index (κ3) is 3.23. The predicted molar refractivity (Wildman–Crippen MR) is 65.0 cm³/mol. The Balaban J connectivity index is 3.04. The second kappa shape index (κ2) is 5.89. The molecule has 0 amide bonds. The highest BCUT2D eigenvalue weighted by atomic mass is 35.5. The molecule has 0 spiro atoms. The monoisotopic (exact) mass is 259 g/mol. The van der Waals surface area contributed by atoms with Crippen LogP contribution in [0, 0.1) is 0 Å². The second-order valence-electron chi connectivity index (χ2n) is 3.13. The SMILES string of the molecule is C=CCNC(C(=O)O)c1cc(Cl)ccc1Cl. The number of rotatable bonds is 5. The minimum atomic E-state index is -1.01. The van der Waals surface area contributed by atoms with E-state index in [-0.39, 0.29) is 0 Å². The van der Waals surface area contributed by atoms with E-state index in [1.807, 2.05) is 0 Å². The van der Waals surface area contributed by atoms with Gasteiger partial charge >= 0.3 is 5.97 Å². The Morgan fingerprint density at radius 2 is 2.25 bits per heavy atom. The van der Waals surface area contributed by atoms with Crippen LogP contribution in [0.5, 0.6) is 0 Å². The fourth-order valence-corrected chi connectivity index (χ4v) is 1.67. The fourth-order valence-electron chi connectivity index (χ4n) is 1.27. The largest absolute Gasteiger partial charge is 0.480 e. The summed E-state index contributed by atoms with van der Waals surface area (Å²) >= 11 is 11.7. The summed E-state index contributed by atoms with van der Waals surface area (Å²) in [5.41, 5.74) is 0.448.